The van der Waals surface area contributed by atoms with E-state index in [0.717, 1.165) is 0 Å². The van der Waals surface area contributed by atoms with Crippen molar-refractivity contribution in [3.63, 3.8) is 0 Å². The summed E-state index contributed by atoms with van der Waals surface area (Å²) < 4.78 is 0. The summed E-state index contributed by atoms with van der Waals surface area (Å²) in [6.45, 7) is 10.9. The zero-order chi connectivity index (χ0) is 15.7. The molecular formula is C20H35N. The van der Waals surface area contributed by atoms with Gasteiger partial charge < -0.3 is 4.90 Å². The van der Waals surface area contributed by atoms with Crippen molar-refractivity contribution >= 4 is 0 Å². The van der Waals surface area contributed by atoms with E-state index in [1.165, 1.54) is 51.6 Å². The molecule has 0 N–H and O–H groups in total. The monoisotopic (exact) mass is 289 g/mol. The zero-order valence-electron chi connectivity index (χ0n) is 14.9. The maximum Gasteiger partial charge on any atom is -0.00133 e. The SMILES string of the molecule is CC.CCCC.CN1CCC2(CCc3ccccc32)CC1. The van der Waals surface area contributed by atoms with Crippen molar-refractivity contribution in [2.45, 2.75) is 71.6 Å². The average Bonchev–Trinajstić information content (AvgIpc) is 2.92. The Morgan fingerprint density at radius 2 is 1.52 bits per heavy atom. The molecule has 1 aliphatic carbocycles. The van der Waals surface area contributed by atoms with Gasteiger partial charge in [-0.3, -0.25) is 0 Å². The summed E-state index contributed by atoms with van der Waals surface area (Å²) in [4.78, 5) is 2.46. The molecule has 0 atom stereocenters. The fourth-order valence-electron chi connectivity index (χ4n) is 3.33. The number of fused-ring (bicyclic) bond motifs is 2. The van der Waals surface area contributed by atoms with E-state index in [-0.39, 0.29) is 0 Å². The summed E-state index contributed by atoms with van der Waals surface area (Å²) in [7, 11) is 2.24. The highest BCUT2D eigenvalue weighted by Crippen LogP contribution is 2.45. The Morgan fingerprint density at radius 1 is 0.952 bits per heavy atom. The number of likely N-dealkylation sites (tertiary alicyclic amines) is 1. The molecular weight excluding hydrogens is 254 g/mol. The Kier molecular flexibility index (Phi) is 8.03. The van der Waals surface area contributed by atoms with Gasteiger partial charge in [0.15, 0.2) is 0 Å². The van der Waals surface area contributed by atoms with E-state index >= 15 is 0 Å². The van der Waals surface area contributed by atoms with Crippen LogP contribution in [0.4, 0.5) is 0 Å². The van der Waals surface area contributed by atoms with Crippen LogP contribution in [-0.2, 0) is 11.8 Å². The van der Waals surface area contributed by atoms with Crippen LogP contribution >= 0.6 is 0 Å². The molecule has 1 heteroatoms. The van der Waals surface area contributed by atoms with E-state index in [1.807, 2.05) is 13.8 Å². The van der Waals surface area contributed by atoms with Crippen LogP contribution in [-0.4, -0.2) is 25.0 Å². The van der Waals surface area contributed by atoms with E-state index in [0.29, 0.717) is 5.41 Å². The number of piperidine rings is 1. The summed E-state index contributed by atoms with van der Waals surface area (Å²) in [5.41, 5.74) is 3.82. The van der Waals surface area contributed by atoms with Gasteiger partial charge in [-0.15, -0.1) is 0 Å². The van der Waals surface area contributed by atoms with Gasteiger partial charge in [-0.2, -0.15) is 0 Å². The molecule has 0 unspecified atom stereocenters. The molecule has 1 heterocycles. The second-order valence-corrected chi connectivity index (χ2v) is 6.24. The molecule has 0 aromatic heterocycles. The second-order valence-electron chi connectivity index (χ2n) is 6.24. The highest BCUT2D eigenvalue weighted by Gasteiger charge is 2.39. The third-order valence-electron chi connectivity index (χ3n) is 4.91. The van der Waals surface area contributed by atoms with Crippen LogP contribution in [0.2, 0.25) is 0 Å². The van der Waals surface area contributed by atoms with Gasteiger partial charge in [-0.1, -0.05) is 64.8 Å². The lowest BCUT2D eigenvalue weighted by Gasteiger charge is -2.38. The molecule has 0 bridgehead atoms. The molecule has 0 amide bonds. The Balaban J connectivity index is 0.000000322. The third-order valence-corrected chi connectivity index (χ3v) is 4.91. The normalized spacial score (nSPS) is 19.1. The predicted molar refractivity (Wildman–Crippen MR) is 95.1 cm³/mol. The molecule has 0 radical (unpaired) electrons. The minimum absolute atomic E-state index is 0.545. The van der Waals surface area contributed by atoms with E-state index in [1.54, 1.807) is 11.1 Å². The van der Waals surface area contributed by atoms with Crippen LogP contribution in [0.1, 0.15) is 70.9 Å². The number of hydrogen-bond acceptors (Lipinski definition) is 1. The van der Waals surface area contributed by atoms with Crippen LogP contribution in [0.5, 0.6) is 0 Å². The first kappa shape index (κ1) is 18.2. The van der Waals surface area contributed by atoms with Crippen LogP contribution in [0, 0.1) is 0 Å². The largest absolute Gasteiger partial charge is 0.306 e. The first-order valence-electron chi connectivity index (χ1n) is 8.99. The first-order valence-corrected chi connectivity index (χ1v) is 8.99. The number of benzene rings is 1. The van der Waals surface area contributed by atoms with Crippen LogP contribution in [0.3, 0.4) is 0 Å². The zero-order valence-corrected chi connectivity index (χ0v) is 14.9. The van der Waals surface area contributed by atoms with Gasteiger partial charge >= 0.3 is 0 Å². The number of hydrogen-bond donors (Lipinski definition) is 0. The standard InChI is InChI=1S/C14H19N.C4H10.C2H6/c1-15-10-8-14(9-11-15)7-6-12-4-2-3-5-13(12)14;1-3-4-2;1-2/h2-5H,6-11H2,1H3;3-4H2,1-2H3;1-2H3. The maximum absolute atomic E-state index is 2.46. The summed E-state index contributed by atoms with van der Waals surface area (Å²) >= 11 is 0. The summed E-state index contributed by atoms with van der Waals surface area (Å²) in [6, 6.07) is 9.09. The highest BCUT2D eigenvalue weighted by molar-refractivity contribution is 5.39. The Bertz CT molecular complexity index is 387. The van der Waals surface area contributed by atoms with Crippen molar-refractivity contribution in [2.24, 2.45) is 0 Å². The van der Waals surface area contributed by atoms with Crippen LogP contribution < -0.4 is 0 Å². The van der Waals surface area contributed by atoms with E-state index in [4.69, 9.17) is 0 Å². The minimum atomic E-state index is 0.545. The van der Waals surface area contributed by atoms with Crippen molar-refractivity contribution in [1.29, 1.82) is 0 Å². The molecule has 120 valence electrons. The number of rotatable bonds is 1. The molecule has 1 fully saturated rings. The van der Waals surface area contributed by atoms with Gasteiger partial charge in [-0.25, -0.2) is 0 Å². The molecule has 1 spiro atoms. The van der Waals surface area contributed by atoms with Crippen LogP contribution in [0.25, 0.3) is 0 Å². The van der Waals surface area contributed by atoms with E-state index in [9.17, 15) is 0 Å². The van der Waals surface area contributed by atoms with Crippen molar-refractivity contribution in [2.75, 3.05) is 20.1 Å². The van der Waals surface area contributed by atoms with Gasteiger partial charge in [0.1, 0.15) is 0 Å². The summed E-state index contributed by atoms with van der Waals surface area (Å²) in [5, 5.41) is 0. The fraction of sp³-hybridized carbons (Fsp3) is 0.700. The predicted octanol–water partition coefficient (Wildman–Crippen LogP) is 5.43. The van der Waals surface area contributed by atoms with Crippen molar-refractivity contribution < 1.29 is 0 Å². The molecule has 2 aliphatic rings. The van der Waals surface area contributed by atoms with Crippen molar-refractivity contribution in [3.8, 4) is 0 Å². The molecule has 0 saturated carbocycles. The van der Waals surface area contributed by atoms with Crippen molar-refractivity contribution in [1.82, 2.24) is 4.90 Å². The molecule has 3 rings (SSSR count). The van der Waals surface area contributed by atoms with Gasteiger partial charge in [0.25, 0.3) is 0 Å². The molecule has 1 aromatic carbocycles. The molecule has 1 saturated heterocycles. The highest BCUT2D eigenvalue weighted by atomic mass is 15.1. The summed E-state index contributed by atoms with van der Waals surface area (Å²) in [6.07, 6.45) is 8.06. The van der Waals surface area contributed by atoms with Gasteiger partial charge in [-0.05, 0) is 62.4 Å². The fourth-order valence-corrected chi connectivity index (χ4v) is 3.33. The number of unbranched alkanes of at least 4 members (excludes halogenated alkanes) is 1. The second kappa shape index (κ2) is 9.25. The number of nitrogens with zero attached hydrogens (tertiary/aromatic N) is 1. The topological polar surface area (TPSA) is 3.24 Å². The van der Waals surface area contributed by atoms with Crippen LogP contribution in [0.15, 0.2) is 24.3 Å². The van der Waals surface area contributed by atoms with Crippen molar-refractivity contribution in [3.05, 3.63) is 35.4 Å². The minimum Gasteiger partial charge on any atom is -0.306 e. The molecule has 1 nitrogen and oxygen atoms in total. The molecule has 21 heavy (non-hydrogen) atoms. The lowest BCUT2D eigenvalue weighted by Crippen LogP contribution is -2.39. The Hall–Kier alpha value is -0.820. The quantitative estimate of drug-likeness (QED) is 0.666. The Morgan fingerprint density at radius 3 is 2.10 bits per heavy atom. The third kappa shape index (κ3) is 4.57. The van der Waals surface area contributed by atoms with E-state index in [2.05, 4.69) is 50.1 Å². The lowest BCUT2D eigenvalue weighted by atomic mass is 9.74. The maximum atomic E-state index is 2.46. The molecule has 1 aromatic rings. The summed E-state index contributed by atoms with van der Waals surface area (Å²) in [5.74, 6) is 0. The lowest BCUT2D eigenvalue weighted by molar-refractivity contribution is 0.187. The molecule has 1 aliphatic heterocycles. The van der Waals surface area contributed by atoms with Gasteiger partial charge in [0.2, 0.25) is 0 Å². The van der Waals surface area contributed by atoms with Gasteiger partial charge in [0, 0.05) is 0 Å². The smallest absolute Gasteiger partial charge is 0.00133 e. The Labute approximate surface area is 132 Å². The average molecular weight is 290 g/mol. The first-order chi connectivity index (χ1) is 10.2. The van der Waals surface area contributed by atoms with E-state index < -0.39 is 0 Å². The number of aryl methyl sites for hydroxylation is 1. The van der Waals surface area contributed by atoms with Gasteiger partial charge in [0.05, 0.1) is 0 Å².